The van der Waals surface area contributed by atoms with Crippen LogP contribution in [0.15, 0.2) is 42.7 Å². The summed E-state index contributed by atoms with van der Waals surface area (Å²) < 4.78 is 2.22. The summed E-state index contributed by atoms with van der Waals surface area (Å²) in [7, 11) is 4.21. The molecule has 0 N–H and O–H groups in total. The molecule has 0 aliphatic rings. The highest BCUT2D eigenvalue weighted by atomic mass is 15.1. The van der Waals surface area contributed by atoms with Gasteiger partial charge in [-0.15, -0.1) is 0 Å². The standard InChI is InChI=1S/C23H30N4/c1-17-12-22(25-23(13-17)27-18(2)6-7-19(27)3)9-8-20-14-21(16-24-15-20)10-11-26(4)5/h6-7,12-16H,8-11H2,1-5H3. The van der Waals surface area contributed by atoms with E-state index >= 15 is 0 Å². The van der Waals surface area contributed by atoms with E-state index in [0.29, 0.717) is 0 Å². The molecular weight excluding hydrogens is 332 g/mol. The molecule has 0 unspecified atom stereocenters. The van der Waals surface area contributed by atoms with Crippen molar-refractivity contribution < 1.29 is 0 Å². The van der Waals surface area contributed by atoms with Crippen LogP contribution in [0.2, 0.25) is 0 Å². The molecule has 0 amide bonds. The first-order chi connectivity index (χ1) is 12.9. The Balaban J connectivity index is 1.74. The molecule has 3 rings (SSSR count). The van der Waals surface area contributed by atoms with Crippen molar-refractivity contribution in [1.82, 2.24) is 19.4 Å². The summed E-state index contributed by atoms with van der Waals surface area (Å²) in [5.74, 6) is 1.02. The number of hydrogen-bond donors (Lipinski definition) is 0. The fourth-order valence-corrected chi connectivity index (χ4v) is 3.43. The Bertz CT molecular complexity index is 889. The average molecular weight is 363 g/mol. The number of nitrogens with zero attached hydrogens (tertiary/aromatic N) is 4. The molecule has 0 radical (unpaired) electrons. The molecule has 3 aromatic rings. The van der Waals surface area contributed by atoms with Gasteiger partial charge in [0.1, 0.15) is 5.82 Å². The van der Waals surface area contributed by atoms with Gasteiger partial charge in [-0.05, 0) is 95.1 Å². The van der Waals surface area contributed by atoms with E-state index in [4.69, 9.17) is 4.98 Å². The molecule has 3 aromatic heterocycles. The summed E-state index contributed by atoms with van der Waals surface area (Å²) in [6, 6.07) is 10.9. The first-order valence-corrected chi connectivity index (χ1v) is 9.63. The lowest BCUT2D eigenvalue weighted by atomic mass is 10.1. The van der Waals surface area contributed by atoms with Crippen LogP contribution in [-0.4, -0.2) is 40.1 Å². The first-order valence-electron chi connectivity index (χ1n) is 9.63. The molecule has 142 valence electrons. The van der Waals surface area contributed by atoms with Crippen molar-refractivity contribution in [2.75, 3.05) is 20.6 Å². The highest BCUT2D eigenvalue weighted by molar-refractivity contribution is 5.36. The Morgan fingerprint density at radius 2 is 1.52 bits per heavy atom. The van der Waals surface area contributed by atoms with E-state index in [-0.39, 0.29) is 0 Å². The molecule has 3 heterocycles. The third-order valence-electron chi connectivity index (χ3n) is 4.88. The molecule has 0 spiro atoms. The van der Waals surface area contributed by atoms with Crippen molar-refractivity contribution in [1.29, 1.82) is 0 Å². The molecule has 0 aromatic carbocycles. The van der Waals surface area contributed by atoms with Gasteiger partial charge in [-0.25, -0.2) is 4.98 Å². The van der Waals surface area contributed by atoms with Crippen LogP contribution in [-0.2, 0) is 19.3 Å². The van der Waals surface area contributed by atoms with E-state index < -0.39 is 0 Å². The van der Waals surface area contributed by atoms with Gasteiger partial charge < -0.3 is 9.47 Å². The van der Waals surface area contributed by atoms with Crippen LogP contribution in [0.5, 0.6) is 0 Å². The SMILES string of the molecule is Cc1cc(CCc2cncc(CCN(C)C)c2)nc(-n2c(C)ccc2C)c1. The van der Waals surface area contributed by atoms with Crippen molar-refractivity contribution >= 4 is 0 Å². The lowest BCUT2D eigenvalue weighted by Gasteiger charge is -2.12. The van der Waals surface area contributed by atoms with Gasteiger partial charge in [0.15, 0.2) is 0 Å². The van der Waals surface area contributed by atoms with Gasteiger partial charge in [-0.3, -0.25) is 4.98 Å². The van der Waals surface area contributed by atoms with Gasteiger partial charge in [0.05, 0.1) is 0 Å². The minimum Gasteiger partial charge on any atom is -0.309 e. The molecule has 4 heteroatoms. The molecule has 0 aliphatic carbocycles. The largest absolute Gasteiger partial charge is 0.309 e. The van der Waals surface area contributed by atoms with Gasteiger partial charge in [0.25, 0.3) is 0 Å². The fourth-order valence-electron chi connectivity index (χ4n) is 3.43. The zero-order valence-electron chi connectivity index (χ0n) is 17.2. The summed E-state index contributed by atoms with van der Waals surface area (Å²) in [6.07, 6.45) is 6.88. The first kappa shape index (κ1) is 19.3. The lowest BCUT2D eigenvalue weighted by molar-refractivity contribution is 0.413. The average Bonchev–Trinajstić information content (AvgIpc) is 2.96. The number of aryl methyl sites for hydroxylation is 5. The molecular formula is C23H30N4. The third-order valence-corrected chi connectivity index (χ3v) is 4.88. The summed E-state index contributed by atoms with van der Waals surface area (Å²) >= 11 is 0. The molecule has 0 fully saturated rings. The second kappa shape index (κ2) is 8.49. The maximum Gasteiger partial charge on any atom is 0.137 e. The van der Waals surface area contributed by atoms with E-state index in [1.165, 1.54) is 28.1 Å². The molecule has 0 aliphatic heterocycles. The monoisotopic (exact) mass is 362 g/mol. The molecule has 0 saturated heterocycles. The van der Waals surface area contributed by atoms with Crippen LogP contribution in [0, 0.1) is 20.8 Å². The van der Waals surface area contributed by atoms with Gasteiger partial charge in [-0.1, -0.05) is 6.07 Å². The van der Waals surface area contributed by atoms with Crippen molar-refractivity contribution in [3.63, 3.8) is 0 Å². The minimum absolute atomic E-state index is 0.923. The normalized spacial score (nSPS) is 11.3. The van der Waals surface area contributed by atoms with Crippen molar-refractivity contribution in [2.24, 2.45) is 0 Å². The number of likely N-dealkylation sites (N-methyl/N-ethyl adjacent to an activating group) is 1. The highest BCUT2D eigenvalue weighted by Crippen LogP contribution is 2.17. The van der Waals surface area contributed by atoms with E-state index in [1.54, 1.807) is 0 Å². The van der Waals surface area contributed by atoms with Crippen molar-refractivity contribution in [3.05, 3.63) is 76.5 Å². The summed E-state index contributed by atoms with van der Waals surface area (Å²) in [4.78, 5) is 11.6. The van der Waals surface area contributed by atoms with Crippen molar-refractivity contribution in [2.45, 2.75) is 40.0 Å². The second-order valence-corrected chi connectivity index (χ2v) is 7.70. The molecule has 27 heavy (non-hydrogen) atoms. The zero-order valence-corrected chi connectivity index (χ0v) is 17.2. The Kier molecular flexibility index (Phi) is 6.07. The smallest absolute Gasteiger partial charge is 0.137 e. The van der Waals surface area contributed by atoms with Crippen LogP contribution in [0.25, 0.3) is 5.82 Å². The van der Waals surface area contributed by atoms with E-state index in [9.17, 15) is 0 Å². The Morgan fingerprint density at radius 3 is 2.19 bits per heavy atom. The highest BCUT2D eigenvalue weighted by Gasteiger charge is 2.08. The summed E-state index contributed by atoms with van der Waals surface area (Å²) in [6.45, 7) is 7.44. The Labute approximate surface area is 162 Å². The molecule has 0 bridgehead atoms. The molecule has 0 saturated carbocycles. The fraction of sp³-hybridized carbons (Fsp3) is 0.391. The maximum atomic E-state index is 4.93. The number of pyridine rings is 2. The van der Waals surface area contributed by atoms with E-state index in [1.807, 2.05) is 12.4 Å². The Hall–Kier alpha value is -2.46. The van der Waals surface area contributed by atoms with Crippen LogP contribution < -0.4 is 0 Å². The van der Waals surface area contributed by atoms with E-state index in [0.717, 1.165) is 37.3 Å². The third kappa shape index (κ3) is 5.04. The molecule has 4 nitrogen and oxygen atoms in total. The number of aromatic nitrogens is 3. The van der Waals surface area contributed by atoms with Crippen LogP contribution in [0.1, 0.15) is 33.8 Å². The van der Waals surface area contributed by atoms with E-state index in [2.05, 4.69) is 79.6 Å². The summed E-state index contributed by atoms with van der Waals surface area (Å²) in [5, 5.41) is 0. The number of hydrogen-bond acceptors (Lipinski definition) is 3. The minimum atomic E-state index is 0.923. The van der Waals surface area contributed by atoms with Crippen LogP contribution in [0.3, 0.4) is 0 Å². The lowest BCUT2D eigenvalue weighted by Crippen LogP contribution is -2.15. The van der Waals surface area contributed by atoms with Crippen molar-refractivity contribution in [3.8, 4) is 5.82 Å². The Morgan fingerprint density at radius 1 is 0.852 bits per heavy atom. The van der Waals surface area contributed by atoms with Crippen LogP contribution >= 0.6 is 0 Å². The number of rotatable bonds is 7. The zero-order chi connectivity index (χ0) is 19.4. The maximum absolute atomic E-state index is 4.93. The predicted octanol–water partition coefficient (Wildman–Crippen LogP) is 4.08. The van der Waals surface area contributed by atoms with Gasteiger partial charge in [0, 0.05) is 36.0 Å². The van der Waals surface area contributed by atoms with Gasteiger partial charge in [0.2, 0.25) is 0 Å². The topological polar surface area (TPSA) is 34.0 Å². The molecule has 0 atom stereocenters. The predicted molar refractivity (Wildman–Crippen MR) is 112 cm³/mol. The quantitative estimate of drug-likeness (QED) is 0.635. The van der Waals surface area contributed by atoms with Crippen LogP contribution in [0.4, 0.5) is 0 Å². The second-order valence-electron chi connectivity index (χ2n) is 7.70. The van der Waals surface area contributed by atoms with Gasteiger partial charge in [-0.2, -0.15) is 0 Å². The summed E-state index contributed by atoms with van der Waals surface area (Å²) in [5.41, 5.74) is 7.40. The van der Waals surface area contributed by atoms with Gasteiger partial charge >= 0.3 is 0 Å².